The van der Waals surface area contributed by atoms with Crippen LogP contribution in [0.2, 0.25) is 0 Å². The first kappa shape index (κ1) is 26.9. The number of thiophene rings is 1. The van der Waals surface area contributed by atoms with Crippen LogP contribution in [0.3, 0.4) is 0 Å². The average molecular weight is 571 g/mol. The number of carbonyl (C=O) groups excluding carboxylic acids is 2. The quantitative estimate of drug-likeness (QED) is 0.227. The van der Waals surface area contributed by atoms with E-state index in [1.165, 1.54) is 11.3 Å². The molecule has 0 aliphatic carbocycles. The third-order valence-corrected chi connectivity index (χ3v) is 8.06. The number of aromatic nitrogens is 3. The molecule has 2 N–H and O–H groups in total. The number of nitrogens with one attached hydrogen (secondary N) is 2. The standard InChI is InChI=1S/C30H30N6O4S/c1-20-31-19-26(40-20)27-9-10-28(41-27)29(38)34-30-33-23-17-22(32-18-25(37)21-5-3-2-4-6-21)7-8-24(23)36(30)12-11-35-13-15-39-16-14-35/h2-10,17,19,32H,11-16,18H2,1H3,(H,33,34,38). The van der Waals surface area contributed by atoms with Gasteiger partial charge in [0.05, 0.1) is 46.7 Å². The Bertz CT molecular complexity index is 1670. The molecule has 1 aliphatic rings. The van der Waals surface area contributed by atoms with Crippen molar-refractivity contribution in [1.29, 1.82) is 0 Å². The lowest BCUT2D eigenvalue weighted by Crippen LogP contribution is -2.38. The van der Waals surface area contributed by atoms with E-state index in [4.69, 9.17) is 14.1 Å². The number of imidazole rings is 1. The maximum absolute atomic E-state index is 13.3. The van der Waals surface area contributed by atoms with Gasteiger partial charge in [-0.15, -0.1) is 11.3 Å². The van der Waals surface area contributed by atoms with E-state index in [9.17, 15) is 9.59 Å². The predicted octanol–water partition coefficient (Wildman–Crippen LogP) is 4.94. The Morgan fingerprint density at radius 1 is 1.02 bits per heavy atom. The number of rotatable bonds is 10. The summed E-state index contributed by atoms with van der Waals surface area (Å²) in [5.74, 6) is 1.45. The third-order valence-electron chi connectivity index (χ3n) is 6.96. The first-order valence-corrected chi connectivity index (χ1v) is 14.3. The highest BCUT2D eigenvalue weighted by Gasteiger charge is 2.19. The molecule has 0 radical (unpaired) electrons. The van der Waals surface area contributed by atoms with Crippen LogP contribution in [0.1, 0.15) is 25.9 Å². The van der Waals surface area contributed by atoms with Gasteiger partial charge in [0.2, 0.25) is 5.95 Å². The van der Waals surface area contributed by atoms with Crippen molar-refractivity contribution in [1.82, 2.24) is 19.4 Å². The monoisotopic (exact) mass is 570 g/mol. The molecule has 10 nitrogen and oxygen atoms in total. The Morgan fingerprint density at radius 2 is 1.85 bits per heavy atom. The molecule has 1 saturated heterocycles. The molecular weight excluding hydrogens is 540 g/mol. The Morgan fingerprint density at radius 3 is 2.63 bits per heavy atom. The van der Waals surface area contributed by atoms with Crippen LogP contribution < -0.4 is 10.6 Å². The summed E-state index contributed by atoms with van der Waals surface area (Å²) < 4.78 is 13.1. The Labute approximate surface area is 241 Å². The summed E-state index contributed by atoms with van der Waals surface area (Å²) in [4.78, 5) is 38.5. The Balaban J connectivity index is 1.22. The molecule has 0 saturated carbocycles. The fourth-order valence-corrected chi connectivity index (χ4v) is 5.61. The number of hydrogen-bond donors (Lipinski definition) is 2. The van der Waals surface area contributed by atoms with Crippen molar-refractivity contribution in [2.75, 3.05) is 50.0 Å². The number of amides is 1. The van der Waals surface area contributed by atoms with Gasteiger partial charge in [0, 0.05) is 44.4 Å². The van der Waals surface area contributed by atoms with E-state index in [1.54, 1.807) is 31.3 Å². The van der Waals surface area contributed by atoms with Crippen LogP contribution in [0.25, 0.3) is 21.7 Å². The van der Waals surface area contributed by atoms with Crippen molar-refractivity contribution < 1.29 is 18.7 Å². The second-order valence-electron chi connectivity index (χ2n) is 9.75. The lowest BCUT2D eigenvalue weighted by atomic mass is 10.1. The minimum atomic E-state index is -0.243. The molecule has 0 bridgehead atoms. The first-order chi connectivity index (χ1) is 20.0. The van der Waals surface area contributed by atoms with Crippen LogP contribution in [0.15, 0.2) is 71.3 Å². The molecule has 210 valence electrons. The van der Waals surface area contributed by atoms with Crippen LogP contribution in [-0.2, 0) is 11.3 Å². The Hall–Kier alpha value is -4.32. The zero-order chi connectivity index (χ0) is 28.2. The van der Waals surface area contributed by atoms with Crippen LogP contribution >= 0.6 is 11.3 Å². The van der Waals surface area contributed by atoms with E-state index in [0.29, 0.717) is 34.6 Å². The molecule has 1 amide bonds. The maximum Gasteiger partial charge on any atom is 0.268 e. The van der Waals surface area contributed by atoms with Crippen LogP contribution in [0.4, 0.5) is 11.6 Å². The zero-order valence-electron chi connectivity index (χ0n) is 22.6. The minimum Gasteiger partial charge on any atom is -0.440 e. The molecule has 4 heterocycles. The molecule has 41 heavy (non-hydrogen) atoms. The Kier molecular flexibility index (Phi) is 7.90. The highest BCUT2D eigenvalue weighted by Crippen LogP contribution is 2.30. The second-order valence-corrected chi connectivity index (χ2v) is 10.8. The number of Topliss-reactive ketones (excluding diaryl/α,β-unsaturated/α-hetero) is 1. The number of oxazole rings is 1. The summed E-state index contributed by atoms with van der Waals surface area (Å²) in [5, 5.41) is 6.24. The van der Waals surface area contributed by atoms with Crippen molar-refractivity contribution in [3.63, 3.8) is 0 Å². The SMILES string of the molecule is Cc1ncc(-c2ccc(C(=O)Nc3nc4cc(NCC(=O)c5ccccc5)ccc4n3CCN3CCOCC3)s2)o1. The molecule has 2 aromatic carbocycles. The lowest BCUT2D eigenvalue weighted by molar-refractivity contribution is 0.0366. The molecule has 0 unspecified atom stereocenters. The molecule has 6 rings (SSSR count). The molecule has 1 fully saturated rings. The largest absolute Gasteiger partial charge is 0.440 e. The number of benzene rings is 2. The van der Waals surface area contributed by atoms with Crippen LogP contribution in [-0.4, -0.2) is 70.5 Å². The van der Waals surface area contributed by atoms with Crippen molar-refractivity contribution >= 4 is 45.7 Å². The van der Waals surface area contributed by atoms with Gasteiger partial charge in [-0.2, -0.15) is 0 Å². The summed E-state index contributed by atoms with van der Waals surface area (Å²) >= 11 is 1.34. The number of fused-ring (bicyclic) bond motifs is 1. The van der Waals surface area contributed by atoms with Gasteiger partial charge in [-0.25, -0.2) is 9.97 Å². The lowest BCUT2D eigenvalue weighted by Gasteiger charge is -2.26. The number of carbonyl (C=O) groups is 2. The van der Waals surface area contributed by atoms with Gasteiger partial charge >= 0.3 is 0 Å². The van der Waals surface area contributed by atoms with E-state index in [2.05, 4.69) is 20.5 Å². The minimum absolute atomic E-state index is 0.00509. The molecule has 0 atom stereocenters. The first-order valence-electron chi connectivity index (χ1n) is 13.5. The van der Waals surface area contributed by atoms with Crippen molar-refractivity contribution in [3.05, 3.63) is 83.2 Å². The topological polar surface area (TPSA) is 115 Å². The van der Waals surface area contributed by atoms with Crippen molar-refractivity contribution in [3.8, 4) is 10.6 Å². The van der Waals surface area contributed by atoms with E-state index < -0.39 is 0 Å². The normalized spacial score (nSPS) is 13.9. The summed E-state index contributed by atoms with van der Waals surface area (Å²) in [5.41, 5.74) is 3.07. The second kappa shape index (κ2) is 12.0. The van der Waals surface area contributed by atoms with E-state index in [0.717, 1.165) is 54.4 Å². The van der Waals surface area contributed by atoms with Gasteiger partial charge < -0.3 is 19.0 Å². The van der Waals surface area contributed by atoms with Gasteiger partial charge in [-0.3, -0.25) is 19.8 Å². The highest BCUT2D eigenvalue weighted by molar-refractivity contribution is 7.17. The van der Waals surface area contributed by atoms with Gasteiger partial charge in [-0.1, -0.05) is 30.3 Å². The number of aryl methyl sites for hydroxylation is 1. The molecule has 5 aromatic rings. The molecule has 3 aromatic heterocycles. The van der Waals surface area contributed by atoms with Crippen molar-refractivity contribution in [2.45, 2.75) is 13.5 Å². The molecule has 11 heteroatoms. The number of ketones is 1. The maximum atomic E-state index is 13.3. The number of ether oxygens (including phenoxy) is 1. The summed E-state index contributed by atoms with van der Waals surface area (Å²) in [6, 6.07) is 18.7. The van der Waals surface area contributed by atoms with Gasteiger partial charge in [0.25, 0.3) is 5.91 Å². The predicted molar refractivity (Wildman–Crippen MR) is 159 cm³/mol. The number of anilines is 2. The third kappa shape index (κ3) is 6.22. The van der Waals surface area contributed by atoms with E-state index >= 15 is 0 Å². The zero-order valence-corrected chi connectivity index (χ0v) is 23.4. The van der Waals surface area contributed by atoms with Gasteiger partial charge in [0.15, 0.2) is 17.4 Å². The number of morpholine rings is 1. The van der Waals surface area contributed by atoms with E-state index in [1.807, 2.05) is 47.0 Å². The van der Waals surface area contributed by atoms with E-state index in [-0.39, 0.29) is 18.2 Å². The summed E-state index contributed by atoms with van der Waals surface area (Å²) in [6.45, 7) is 6.59. The van der Waals surface area contributed by atoms with Crippen LogP contribution in [0.5, 0.6) is 0 Å². The molecule has 0 spiro atoms. The fraction of sp³-hybridized carbons (Fsp3) is 0.267. The smallest absolute Gasteiger partial charge is 0.268 e. The van der Waals surface area contributed by atoms with Gasteiger partial charge in [0.1, 0.15) is 0 Å². The number of hydrogen-bond acceptors (Lipinski definition) is 9. The summed E-state index contributed by atoms with van der Waals surface area (Å²) in [6.07, 6.45) is 1.66. The molecular formula is C30H30N6O4S. The fourth-order valence-electron chi connectivity index (χ4n) is 4.77. The average Bonchev–Trinajstić information content (AvgIpc) is 3.74. The van der Waals surface area contributed by atoms with Gasteiger partial charge in [-0.05, 0) is 30.3 Å². The highest BCUT2D eigenvalue weighted by atomic mass is 32.1. The summed E-state index contributed by atoms with van der Waals surface area (Å²) in [7, 11) is 0. The molecule has 1 aliphatic heterocycles. The van der Waals surface area contributed by atoms with Crippen molar-refractivity contribution in [2.24, 2.45) is 0 Å². The number of nitrogens with zero attached hydrogens (tertiary/aromatic N) is 4. The van der Waals surface area contributed by atoms with Crippen LogP contribution in [0, 0.1) is 6.92 Å².